The maximum absolute atomic E-state index is 6.23. The topological polar surface area (TPSA) is 44.2 Å². The van der Waals surface area contributed by atoms with Crippen LogP contribution in [0.1, 0.15) is 5.69 Å². The minimum Gasteiger partial charge on any atom is -0.496 e. The van der Waals surface area contributed by atoms with E-state index < -0.39 is 0 Å². The molecule has 0 aliphatic heterocycles. The fraction of sp³-hybridized carbons (Fsp3) is 0.231. The van der Waals surface area contributed by atoms with Crippen LogP contribution in [0.5, 0.6) is 5.75 Å². The monoisotopic (exact) mass is 424 g/mol. The lowest BCUT2D eigenvalue weighted by Crippen LogP contribution is -2.03. The van der Waals surface area contributed by atoms with Crippen LogP contribution in [0.4, 0.5) is 0 Å². The van der Waals surface area contributed by atoms with E-state index in [1.807, 2.05) is 0 Å². The van der Waals surface area contributed by atoms with Crippen LogP contribution in [-0.2, 0) is 11.3 Å². The van der Waals surface area contributed by atoms with Crippen LogP contribution in [0.15, 0.2) is 18.2 Å². The van der Waals surface area contributed by atoms with Crippen LogP contribution in [0.25, 0.3) is 11.4 Å². The molecule has 0 saturated carbocycles. The van der Waals surface area contributed by atoms with Crippen molar-refractivity contribution in [2.24, 2.45) is 0 Å². The van der Waals surface area contributed by atoms with E-state index in [4.69, 9.17) is 32.7 Å². The Hall–Kier alpha value is -0.630. The summed E-state index contributed by atoms with van der Waals surface area (Å²) in [5.41, 5.74) is 1.33. The molecule has 0 atom stereocenters. The first-order valence-electron chi connectivity index (χ1n) is 5.62. The Morgan fingerprint density at radius 2 is 1.95 bits per heavy atom. The first-order valence-corrected chi connectivity index (χ1v) is 7.45. The minimum atomic E-state index is 0.348. The average Bonchev–Trinajstić information content (AvgIpc) is 2.43. The summed E-state index contributed by atoms with van der Waals surface area (Å²) >= 11 is 14.5. The van der Waals surface area contributed by atoms with Gasteiger partial charge >= 0.3 is 0 Å². The van der Waals surface area contributed by atoms with Crippen LogP contribution < -0.4 is 4.74 Å². The van der Waals surface area contributed by atoms with Crippen LogP contribution in [-0.4, -0.2) is 24.2 Å². The molecule has 0 fully saturated rings. The van der Waals surface area contributed by atoms with Crippen molar-refractivity contribution < 1.29 is 9.47 Å². The quantitative estimate of drug-likeness (QED) is 0.544. The Balaban J connectivity index is 2.64. The number of rotatable bonds is 4. The Kier molecular flexibility index (Phi) is 5.42. The molecule has 2 aromatic rings. The largest absolute Gasteiger partial charge is 0.496 e. The van der Waals surface area contributed by atoms with Gasteiger partial charge in [-0.15, -0.1) is 0 Å². The van der Waals surface area contributed by atoms with Gasteiger partial charge in [0, 0.05) is 7.11 Å². The molecule has 1 aromatic heterocycles. The molecule has 4 nitrogen and oxygen atoms in total. The van der Waals surface area contributed by atoms with Gasteiger partial charge in [0.05, 0.1) is 33.6 Å². The second-order valence-electron chi connectivity index (χ2n) is 3.85. The number of hydrogen-bond donors (Lipinski definition) is 0. The SMILES string of the molecule is COCc1nc(-c2c(Cl)cccc2OC)nc(Cl)c1I. The van der Waals surface area contributed by atoms with Gasteiger partial charge in [-0.2, -0.15) is 0 Å². The van der Waals surface area contributed by atoms with E-state index >= 15 is 0 Å². The van der Waals surface area contributed by atoms with Gasteiger partial charge in [0.1, 0.15) is 10.9 Å². The Labute approximate surface area is 140 Å². The molecule has 1 heterocycles. The van der Waals surface area contributed by atoms with Crippen LogP contribution in [0, 0.1) is 3.57 Å². The third kappa shape index (κ3) is 3.16. The zero-order chi connectivity index (χ0) is 14.7. The first kappa shape index (κ1) is 15.8. The van der Waals surface area contributed by atoms with Crippen molar-refractivity contribution in [3.63, 3.8) is 0 Å². The second kappa shape index (κ2) is 6.89. The highest BCUT2D eigenvalue weighted by Gasteiger charge is 2.17. The van der Waals surface area contributed by atoms with Crippen molar-refractivity contribution in [3.05, 3.63) is 37.6 Å². The fourth-order valence-electron chi connectivity index (χ4n) is 1.70. The number of halogens is 3. The van der Waals surface area contributed by atoms with Gasteiger partial charge in [-0.05, 0) is 34.7 Å². The third-order valence-electron chi connectivity index (χ3n) is 2.58. The lowest BCUT2D eigenvalue weighted by atomic mass is 10.2. The van der Waals surface area contributed by atoms with E-state index in [1.54, 1.807) is 32.4 Å². The molecule has 0 amide bonds. The number of aromatic nitrogens is 2. The van der Waals surface area contributed by atoms with Gasteiger partial charge in [0.25, 0.3) is 0 Å². The van der Waals surface area contributed by atoms with Crippen LogP contribution in [0.2, 0.25) is 10.2 Å². The van der Waals surface area contributed by atoms with Crippen molar-refractivity contribution in [2.45, 2.75) is 6.61 Å². The van der Waals surface area contributed by atoms with E-state index in [-0.39, 0.29) is 0 Å². The minimum absolute atomic E-state index is 0.348. The summed E-state index contributed by atoms with van der Waals surface area (Å²) in [4.78, 5) is 8.75. The van der Waals surface area contributed by atoms with Crippen molar-refractivity contribution in [2.75, 3.05) is 14.2 Å². The molecule has 20 heavy (non-hydrogen) atoms. The number of hydrogen-bond acceptors (Lipinski definition) is 4. The maximum Gasteiger partial charge on any atom is 0.166 e. The molecule has 106 valence electrons. The summed E-state index contributed by atoms with van der Waals surface area (Å²) in [7, 11) is 3.17. The van der Waals surface area contributed by atoms with Gasteiger partial charge in [0.15, 0.2) is 5.82 Å². The second-order valence-corrected chi connectivity index (χ2v) is 5.69. The summed E-state index contributed by atoms with van der Waals surface area (Å²) in [6.45, 7) is 0.348. The van der Waals surface area contributed by atoms with Gasteiger partial charge in [-0.25, -0.2) is 9.97 Å². The normalized spacial score (nSPS) is 10.7. The molecule has 0 radical (unpaired) electrons. The smallest absolute Gasteiger partial charge is 0.166 e. The first-order chi connectivity index (χ1) is 9.58. The van der Waals surface area contributed by atoms with E-state index in [0.717, 1.165) is 3.57 Å². The summed E-state index contributed by atoms with van der Waals surface area (Å²) in [6.07, 6.45) is 0. The summed E-state index contributed by atoms with van der Waals surface area (Å²) in [5.74, 6) is 1.02. The highest BCUT2D eigenvalue weighted by atomic mass is 127. The van der Waals surface area contributed by atoms with Gasteiger partial charge in [-0.3, -0.25) is 0 Å². The molecule has 0 aliphatic carbocycles. The van der Waals surface area contributed by atoms with Gasteiger partial charge < -0.3 is 9.47 Å². The lowest BCUT2D eigenvalue weighted by molar-refractivity contribution is 0.181. The zero-order valence-electron chi connectivity index (χ0n) is 10.8. The van der Waals surface area contributed by atoms with Crippen molar-refractivity contribution in [3.8, 4) is 17.1 Å². The maximum atomic E-state index is 6.23. The predicted octanol–water partition coefficient (Wildman–Crippen LogP) is 4.21. The highest BCUT2D eigenvalue weighted by molar-refractivity contribution is 14.1. The Morgan fingerprint density at radius 1 is 1.20 bits per heavy atom. The van der Waals surface area contributed by atoms with Crippen molar-refractivity contribution in [1.29, 1.82) is 0 Å². The average molecular weight is 425 g/mol. The van der Waals surface area contributed by atoms with E-state index in [9.17, 15) is 0 Å². The van der Waals surface area contributed by atoms with Crippen molar-refractivity contribution in [1.82, 2.24) is 9.97 Å². The standard InChI is InChI=1S/C13H11Cl2IN2O2/c1-19-6-8-11(16)12(15)18-13(17-8)10-7(14)4-3-5-9(10)20-2/h3-5H,6H2,1-2H3. The number of benzene rings is 1. The lowest BCUT2D eigenvalue weighted by Gasteiger charge is -2.12. The molecular formula is C13H11Cl2IN2O2. The van der Waals surface area contributed by atoms with Gasteiger partial charge in [-0.1, -0.05) is 29.3 Å². The molecule has 0 N–H and O–H groups in total. The molecule has 0 spiro atoms. The van der Waals surface area contributed by atoms with Gasteiger partial charge in [0.2, 0.25) is 0 Å². The zero-order valence-corrected chi connectivity index (χ0v) is 14.5. The molecular weight excluding hydrogens is 414 g/mol. The Morgan fingerprint density at radius 3 is 2.60 bits per heavy atom. The Bertz CT molecular complexity index is 638. The highest BCUT2D eigenvalue weighted by Crippen LogP contribution is 2.35. The van der Waals surface area contributed by atoms with Crippen molar-refractivity contribution >= 4 is 45.8 Å². The molecule has 0 bridgehead atoms. The van der Waals surface area contributed by atoms with E-state index in [2.05, 4.69) is 32.6 Å². The van der Waals surface area contributed by atoms with Crippen LogP contribution in [0.3, 0.4) is 0 Å². The summed E-state index contributed by atoms with van der Waals surface area (Å²) in [5, 5.41) is 0.870. The molecule has 0 saturated heterocycles. The number of ether oxygens (including phenoxy) is 2. The predicted molar refractivity (Wildman–Crippen MR) is 87.5 cm³/mol. The molecule has 7 heteroatoms. The number of nitrogens with zero attached hydrogens (tertiary/aromatic N) is 2. The molecule has 0 unspecified atom stereocenters. The van der Waals surface area contributed by atoms with E-state index in [1.165, 1.54) is 0 Å². The fourth-order valence-corrected chi connectivity index (χ4v) is 2.54. The third-order valence-corrected chi connectivity index (χ3v) is 4.62. The number of methoxy groups -OCH3 is 2. The molecule has 2 rings (SSSR count). The molecule has 0 aliphatic rings. The van der Waals surface area contributed by atoms with Crippen LogP contribution >= 0.6 is 45.8 Å². The summed E-state index contributed by atoms with van der Waals surface area (Å²) in [6, 6.07) is 5.35. The molecule has 1 aromatic carbocycles. The van der Waals surface area contributed by atoms with E-state index in [0.29, 0.717) is 39.6 Å². The summed E-state index contributed by atoms with van der Waals surface area (Å²) < 4.78 is 11.2.